The van der Waals surface area contributed by atoms with Crippen molar-refractivity contribution in [2.45, 2.75) is 44.9 Å². The summed E-state index contributed by atoms with van der Waals surface area (Å²) in [4.78, 5) is 48.2. The van der Waals surface area contributed by atoms with Gasteiger partial charge in [0.2, 0.25) is 0 Å². The summed E-state index contributed by atoms with van der Waals surface area (Å²) in [7, 11) is 1.91. The minimum Gasteiger partial charge on any atom is -0.330 e. The number of azide groups is 1. The molecule has 2 amide bonds. The highest BCUT2D eigenvalue weighted by atomic mass is 16.7. The summed E-state index contributed by atoms with van der Waals surface area (Å²) >= 11 is 0. The number of hydrazone groups is 1. The summed E-state index contributed by atoms with van der Waals surface area (Å²) in [5.74, 6) is 3.84. The molecule has 0 saturated carbocycles. The van der Waals surface area contributed by atoms with E-state index in [1.807, 2.05) is 11.9 Å². The van der Waals surface area contributed by atoms with Crippen LogP contribution in [0.3, 0.4) is 0 Å². The van der Waals surface area contributed by atoms with Gasteiger partial charge in [-0.3, -0.25) is 14.6 Å². The minimum atomic E-state index is -0.585. The van der Waals surface area contributed by atoms with Gasteiger partial charge in [0.25, 0.3) is 11.8 Å². The van der Waals surface area contributed by atoms with Crippen LogP contribution >= 0.6 is 0 Å². The standard InChI is InChI=1S/C17H28N8O4/c1-24(11-5-10-21-23-19)13-14(22-18)12-20-9-4-2-3-6-17(28)29-25-15(26)7-8-16(25)27/h12H,2-11,13,18H2,1H3. The monoisotopic (exact) mass is 408 g/mol. The van der Waals surface area contributed by atoms with Crippen molar-refractivity contribution in [1.29, 1.82) is 0 Å². The maximum Gasteiger partial charge on any atom is 0.333 e. The van der Waals surface area contributed by atoms with E-state index < -0.39 is 17.8 Å². The Labute approximate surface area is 169 Å². The first-order valence-corrected chi connectivity index (χ1v) is 9.50. The van der Waals surface area contributed by atoms with E-state index in [0.717, 1.165) is 25.8 Å². The zero-order valence-corrected chi connectivity index (χ0v) is 16.7. The highest BCUT2D eigenvalue weighted by Crippen LogP contribution is 2.13. The van der Waals surface area contributed by atoms with Gasteiger partial charge < -0.3 is 15.6 Å². The lowest BCUT2D eigenvalue weighted by Crippen LogP contribution is -2.31. The molecule has 1 aliphatic rings. The molecule has 12 nitrogen and oxygen atoms in total. The zero-order chi connectivity index (χ0) is 21.5. The lowest BCUT2D eigenvalue weighted by Gasteiger charge is -2.15. The van der Waals surface area contributed by atoms with E-state index in [2.05, 4.69) is 20.1 Å². The Morgan fingerprint density at radius 2 is 1.97 bits per heavy atom. The Bertz CT molecular complexity index is 656. The zero-order valence-electron chi connectivity index (χ0n) is 16.7. The number of amides is 2. The molecule has 0 aromatic heterocycles. The van der Waals surface area contributed by atoms with E-state index in [4.69, 9.17) is 16.2 Å². The van der Waals surface area contributed by atoms with Gasteiger partial charge in [0.1, 0.15) is 0 Å². The van der Waals surface area contributed by atoms with Gasteiger partial charge in [0.05, 0.1) is 5.71 Å². The fraction of sp³-hybridized carbons (Fsp3) is 0.706. The maximum absolute atomic E-state index is 11.7. The molecular weight excluding hydrogens is 380 g/mol. The van der Waals surface area contributed by atoms with E-state index >= 15 is 0 Å². The molecule has 0 spiro atoms. The Balaban J connectivity index is 2.13. The molecule has 0 unspecified atom stereocenters. The van der Waals surface area contributed by atoms with Gasteiger partial charge in [-0.2, -0.15) is 5.10 Å². The van der Waals surface area contributed by atoms with Crippen LogP contribution in [-0.4, -0.2) is 72.9 Å². The average Bonchev–Trinajstić information content (AvgIpc) is 3.01. The van der Waals surface area contributed by atoms with Crippen molar-refractivity contribution >= 4 is 29.7 Å². The van der Waals surface area contributed by atoms with E-state index in [-0.39, 0.29) is 19.3 Å². The van der Waals surface area contributed by atoms with Gasteiger partial charge in [-0.25, -0.2) is 4.79 Å². The number of nitrogens with zero attached hydrogens (tertiary/aromatic N) is 7. The van der Waals surface area contributed by atoms with Crippen molar-refractivity contribution in [3.63, 3.8) is 0 Å². The highest BCUT2D eigenvalue weighted by Gasteiger charge is 2.32. The summed E-state index contributed by atoms with van der Waals surface area (Å²) in [5.41, 5.74) is 8.87. The van der Waals surface area contributed by atoms with E-state index in [0.29, 0.717) is 36.8 Å². The van der Waals surface area contributed by atoms with Crippen LogP contribution in [-0.2, 0) is 19.2 Å². The number of carbonyl (C=O) groups excluding carboxylic acids is 3. The van der Waals surface area contributed by atoms with Gasteiger partial charge in [0, 0.05) is 50.0 Å². The summed E-state index contributed by atoms with van der Waals surface area (Å²) in [6.45, 7) is 2.30. The molecule has 0 atom stereocenters. The number of rotatable bonds is 14. The summed E-state index contributed by atoms with van der Waals surface area (Å²) in [5, 5.41) is 7.76. The Kier molecular flexibility index (Phi) is 11.7. The highest BCUT2D eigenvalue weighted by molar-refractivity contribution is 6.31. The molecule has 12 heteroatoms. The van der Waals surface area contributed by atoms with Crippen LogP contribution < -0.4 is 5.84 Å². The first-order valence-electron chi connectivity index (χ1n) is 9.50. The quantitative estimate of drug-likeness (QED) is 0.0661. The molecule has 0 aliphatic carbocycles. The van der Waals surface area contributed by atoms with Crippen LogP contribution in [0, 0.1) is 0 Å². The first kappa shape index (κ1) is 24.1. The van der Waals surface area contributed by atoms with E-state index in [1.54, 1.807) is 6.21 Å². The largest absolute Gasteiger partial charge is 0.333 e. The van der Waals surface area contributed by atoms with Crippen LogP contribution in [0.15, 0.2) is 15.2 Å². The van der Waals surface area contributed by atoms with Gasteiger partial charge >= 0.3 is 5.97 Å². The molecule has 160 valence electrons. The Morgan fingerprint density at radius 1 is 1.24 bits per heavy atom. The summed E-state index contributed by atoms with van der Waals surface area (Å²) in [6, 6.07) is 0. The third kappa shape index (κ3) is 10.2. The number of carbonyl (C=O) groups is 3. The third-order valence-electron chi connectivity index (χ3n) is 4.07. The lowest BCUT2D eigenvalue weighted by molar-refractivity contribution is -0.197. The smallest absolute Gasteiger partial charge is 0.330 e. The summed E-state index contributed by atoms with van der Waals surface area (Å²) in [6.07, 6.45) is 4.79. The van der Waals surface area contributed by atoms with Crippen LogP contribution in [0.25, 0.3) is 10.4 Å². The first-order chi connectivity index (χ1) is 14.0. The third-order valence-corrected chi connectivity index (χ3v) is 4.07. The number of aliphatic imine (C=N–C) groups is 1. The van der Waals surface area contributed by atoms with Gasteiger partial charge in [0.15, 0.2) is 0 Å². The molecule has 2 N–H and O–H groups in total. The average molecular weight is 408 g/mol. The molecule has 1 saturated heterocycles. The molecule has 29 heavy (non-hydrogen) atoms. The van der Waals surface area contributed by atoms with Crippen LogP contribution in [0.2, 0.25) is 0 Å². The Hall–Kier alpha value is -2.98. The normalized spacial score (nSPS) is 14.7. The van der Waals surface area contributed by atoms with E-state index in [1.165, 1.54) is 0 Å². The number of imide groups is 1. The second-order valence-corrected chi connectivity index (χ2v) is 6.56. The number of hydroxylamine groups is 2. The molecule has 0 radical (unpaired) electrons. The van der Waals surface area contributed by atoms with Crippen LogP contribution in [0.5, 0.6) is 0 Å². The van der Waals surface area contributed by atoms with Crippen molar-refractivity contribution in [3.8, 4) is 0 Å². The fourth-order valence-corrected chi connectivity index (χ4v) is 2.55. The number of nitrogens with two attached hydrogens (primary N) is 1. The van der Waals surface area contributed by atoms with Crippen LogP contribution in [0.1, 0.15) is 44.9 Å². The molecule has 0 aromatic rings. The predicted molar refractivity (Wildman–Crippen MR) is 107 cm³/mol. The van der Waals surface area contributed by atoms with Crippen LogP contribution in [0.4, 0.5) is 0 Å². The second kappa shape index (κ2) is 14.1. The van der Waals surface area contributed by atoms with Crippen molar-refractivity contribution < 1.29 is 19.2 Å². The lowest BCUT2D eigenvalue weighted by atomic mass is 10.2. The molecule has 0 bridgehead atoms. The topological polar surface area (TPSA) is 166 Å². The molecule has 1 heterocycles. The predicted octanol–water partition coefficient (Wildman–Crippen LogP) is 1.17. The van der Waals surface area contributed by atoms with Gasteiger partial charge in [-0.05, 0) is 38.4 Å². The van der Waals surface area contributed by atoms with Crippen molar-refractivity contribution in [3.05, 3.63) is 10.4 Å². The SMILES string of the molecule is CN(CCCN=[N+]=[N-])CC(C=NCCCCCC(=O)ON1C(=O)CCC1=O)=NN. The number of unbranched alkanes of at least 4 members (excludes halogenated alkanes) is 2. The van der Waals surface area contributed by atoms with Crippen molar-refractivity contribution in [2.75, 3.05) is 33.2 Å². The molecule has 1 aliphatic heterocycles. The van der Waals surface area contributed by atoms with Crippen molar-refractivity contribution in [1.82, 2.24) is 9.96 Å². The van der Waals surface area contributed by atoms with Gasteiger partial charge in [-0.1, -0.05) is 11.5 Å². The summed E-state index contributed by atoms with van der Waals surface area (Å²) < 4.78 is 0. The van der Waals surface area contributed by atoms with Gasteiger partial charge in [-0.15, -0.1) is 5.06 Å². The molecule has 0 aromatic carbocycles. The molecule has 1 rings (SSSR count). The maximum atomic E-state index is 11.7. The van der Waals surface area contributed by atoms with Crippen molar-refractivity contribution in [2.24, 2.45) is 21.1 Å². The minimum absolute atomic E-state index is 0.0870. The second-order valence-electron chi connectivity index (χ2n) is 6.56. The fourth-order valence-electron chi connectivity index (χ4n) is 2.55. The number of hydrogen-bond acceptors (Lipinski definition) is 9. The Morgan fingerprint density at radius 3 is 2.62 bits per heavy atom. The van der Waals surface area contributed by atoms with E-state index in [9.17, 15) is 14.4 Å². The number of hydrogen-bond donors (Lipinski definition) is 1. The molecule has 1 fully saturated rings. The molecular formula is C17H28N8O4.